The molecular formula is C14H23N3S. The highest BCUT2D eigenvalue weighted by Gasteiger charge is 2.14. The molecule has 1 aliphatic rings. The third-order valence-electron chi connectivity index (χ3n) is 3.35. The lowest BCUT2D eigenvalue weighted by atomic mass is 10.2. The number of aromatic nitrogens is 1. The Kier molecular flexibility index (Phi) is 5.97. The van der Waals surface area contributed by atoms with E-state index in [2.05, 4.69) is 46.0 Å². The minimum atomic E-state index is 0.696. The van der Waals surface area contributed by atoms with E-state index in [1.165, 1.54) is 30.2 Å². The fourth-order valence-corrected chi connectivity index (χ4v) is 3.21. The number of thioether (sulfide) groups is 1. The minimum Gasteiger partial charge on any atom is -0.312 e. The molecule has 1 N–H and O–H groups in total. The van der Waals surface area contributed by atoms with Gasteiger partial charge in [-0.3, -0.25) is 9.88 Å². The molecule has 0 saturated carbocycles. The van der Waals surface area contributed by atoms with Gasteiger partial charge >= 0.3 is 0 Å². The van der Waals surface area contributed by atoms with E-state index in [-0.39, 0.29) is 0 Å². The van der Waals surface area contributed by atoms with Gasteiger partial charge < -0.3 is 5.32 Å². The molecule has 18 heavy (non-hydrogen) atoms. The van der Waals surface area contributed by atoms with Crippen molar-refractivity contribution in [3.8, 4) is 0 Å². The lowest BCUT2D eigenvalue weighted by Gasteiger charge is -2.26. The Morgan fingerprint density at radius 2 is 2.44 bits per heavy atom. The Hall–Kier alpha value is -0.580. The summed E-state index contributed by atoms with van der Waals surface area (Å²) in [4.78, 5) is 6.88. The van der Waals surface area contributed by atoms with Gasteiger partial charge in [0.1, 0.15) is 0 Å². The molecule has 0 aromatic carbocycles. The van der Waals surface area contributed by atoms with Gasteiger partial charge in [0.2, 0.25) is 0 Å². The van der Waals surface area contributed by atoms with E-state index in [1.54, 1.807) is 0 Å². The van der Waals surface area contributed by atoms with Gasteiger partial charge in [0.15, 0.2) is 0 Å². The van der Waals surface area contributed by atoms with Gasteiger partial charge in [-0.15, -0.1) is 0 Å². The SMILES string of the molecule is CCN(CCC1CSCCN1)Cc1ccccn1. The van der Waals surface area contributed by atoms with E-state index < -0.39 is 0 Å². The van der Waals surface area contributed by atoms with E-state index in [4.69, 9.17) is 0 Å². The molecule has 0 aliphatic carbocycles. The number of rotatable bonds is 6. The van der Waals surface area contributed by atoms with Crippen LogP contribution in [0.15, 0.2) is 24.4 Å². The Bertz CT molecular complexity index is 325. The summed E-state index contributed by atoms with van der Waals surface area (Å²) in [6, 6.07) is 6.84. The van der Waals surface area contributed by atoms with E-state index in [0.29, 0.717) is 6.04 Å². The van der Waals surface area contributed by atoms with Crippen LogP contribution in [0.5, 0.6) is 0 Å². The maximum absolute atomic E-state index is 4.40. The van der Waals surface area contributed by atoms with Crippen molar-refractivity contribution in [3.05, 3.63) is 30.1 Å². The lowest BCUT2D eigenvalue weighted by Crippen LogP contribution is -2.40. The van der Waals surface area contributed by atoms with Crippen LogP contribution in [-0.4, -0.2) is 47.1 Å². The molecular weight excluding hydrogens is 242 g/mol. The summed E-state index contributed by atoms with van der Waals surface area (Å²) in [5.41, 5.74) is 1.17. The summed E-state index contributed by atoms with van der Waals surface area (Å²) in [5, 5.41) is 3.60. The highest BCUT2D eigenvalue weighted by Crippen LogP contribution is 2.11. The molecule has 2 rings (SSSR count). The van der Waals surface area contributed by atoms with Gasteiger partial charge in [-0.05, 0) is 25.1 Å². The molecule has 0 radical (unpaired) electrons. The van der Waals surface area contributed by atoms with Crippen LogP contribution in [-0.2, 0) is 6.54 Å². The van der Waals surface area contributed by atoms with Crippen molar-refractivity contribution in [1.82, 2.24) is 15.2 Å². The average Bonchev–Trinajstić information content (AvgIpc) is 2.45. The molecule has 4 heteroatoms. The van der Waals surface area contributed by atoms with Gasteiger partial charge in [-0.1, -0.05) is 13.0 Å². The van der Waals surface area contributed by atoms with Gasteiger partial charge in [-0.25, -0.2) is 0 Å². The fourth-order valence-electron chi connectivity index (χ4n) is 2.21. The fraction of sp³-hybridized carbons (Fsp3) is 0.643. The molecule has 0 spiro atoms. The first-order valence-corrected chi connectivity index (χ1v) is 7.97. The molecule has 1 atom stereocenters. The molecule has 0 amide bonds. The van der Waals surface area contributed by atoms with Gasteiger partial charge in [0.25, 0.3) is 0 Å². The van der Waals surface area contributed by atoms with Crippen molar-refractivity contribution in [2.24, 2.45) is 0 Å². The molecule has 1 aromatic heterocycles. The van der Waals surface area contributed by atoms with Crippen molar-refractivity contribution in [2.45, 2.75) is 25.9 Å². The normalized spacial score (nSPS) is 20.2. The number of hydrogen-bond donors (Lipinski definition) is 1. The monoisotopic (exact) mass is 265 g/mol. The van der Waals surface area contributed by atoms with Crippen molar-refractivity contribution in [1.29, 1.82) is 0 Å². The summed E-state index contributed by atoms with van der Waals surface area (Å²) in [7, 11) is 0. The van der Waals surface area contributed by atoms with E-state index in [9.17, 15) is 0 Å². The number of hydrogen-bond acceptors (Lipinski definition) is 4. The molecule has 3 nitrogen and oxygen atoms in total. The third kappa shape index (κ3) is 4.59. The smallest absolute Gasteiger partial charge is 0.0543 e. The summed E-state index contributed by atoms with van der Waals surface area (Å²) < 4.78 is 0. The molecule has 1 aromatic rings. The second kappa shape index (κ2) is 7.77. The Morgan fingerprint density at radius 1 is 1.50 bits per heavy atom. The van der Waals surface area contributed by atoms with Crippen LogP contribution < -0.4 is 5.32 Å². The Labute approximate surface area is 114 Å². The highest BCUT2D eigenvalue weighted by molar-refractivity contribution is 7.99. The first-order chi connectivity index (χ1) is 8.88. The van der Waals surface area contributed by atoms with Crippen LogP contribution in [0.4, 0.5) is 0 Å². The van der Waals surface area contributed by atoms with Crippen LogP contribution in [0.3, 0.4) is 0 Å². The third-order valence-corrected chi connectivity index (χ3v) is 4.48. The molecule has 1 fully saturated rings. The summed E-state index contributed by atoms with van der Waals surface area (Å²) >= 11 is 2.07. The molecule has 1 aliphatic heterocycles. The standard InChI is InChI=1S/C14H23N3S/c1-2-17(11-13-5-3-4-7-15-13)9-6-14-12-18-10-8-16-14/h3-5,7,14,16H,2,6,8-12H2,1H3. The first kappa shape index (κ1) is 13.8. The molecule has 100 valence electrons. The van der Waals surface area contributed by atoms with Crippen LogP contribution in [0.1, 0.15) is 19.0 Å². The van der Waals surface area contributed by atoms with Crippen LogP contribution in [0.25, 0.3) is 0 Å². The average molecular weight is 265 g/mol. The molecule has 0 bridgehead atoms. The number of pyridine rings is 1. The summed E-state index contributed by atoms with van der Waals surface area (Å²) in [6.07, 6.45) is 3.12. The van der Waals surface area contributed by atoms with Crippen molar-refractivity contribution in [2.75, 3.05) is 31.1 Å². The molecule has 1 unspecified atom stereocenters. The first-order valence-electron chi connectivity index (χ1n) is 6.82. The number of nitrogens with zero attached hydrogens (tertiary/aromatic N) is 2. The zero-order valence-electron chi connectivity index (χ0n) is 11.1. The van der Waals surface area contributed by atoms with Crippen molar-refractivity contribution >= 4 is 11.8 Å². The van der Waals surface area contributed by atoms with Crippen LogP contribution in [0, 0.1) is 0 Å². The zero-order chi connectivity index (χ0) is 12.6. The largest absolute Gasteiger partial charge is 0.312 e. The van der Waals surface area contributed by atoms with Gasteiger partial charge in [-0.2, -0.15) is 11.8 Å². The predicted molar refractivity (Wildman–Crippen MR) is 78.9 cm³/mol. The lowest BCUT2D eigenvalue weighted by molar-refractivity contribution is 0.261. The quantitative estimate of drug-likeness (QED) is 0.851. The minimum absolute atomic E-state index is 0.696. The molecule has 1 saturated heterocycles. The summed E-state index contributed by atoms with van der Waals surface area (Å²) in [6.45, 7) is 6.62. The molecule has 2 heterocycles. The maximum Gasteiger partial charge on any atom is 0.0543 e. The maximum atomic E-state index is 4.40. The number of nitrogens with one attached hydrogen (secondary N) is 1. The van der Waals surface area contributed by atoms with Crippen LogP contribution >= 0.6 is 11.8 Å². The second-order valence-corrected chi connectivity index (χ2v) is 5.85. The second-order valence-electron chi connectivity index (χ2n) is 4.70. The van der Waals surface area contributed by atoms with Crippen molar-refractivity contribution in [3.63, 3.8) is 0 Å². The van der Waals surface area contributed by atoms with Crippen molar-refractivity contribution < 1.29 is 0 Å². The highest BCUT2D eigenvalue weighted by atomic mass is 32.2. The van der Waals surface area contributed by atoms with Crippen LogP contribution in [0.2, 0.25) is 0 Å². The zero-order valence-corrected chi connectivity index (χ0v) is 12.0. The van der Waals surface area contributed by atoms with E-state index in [0.717, 1.165) is 19.6 Å². The Balaban J connectivity index is 1.75. The predicted octanol–water partition coefficient (Wildman–Crippen LogP) is 2.00. The van der Waals surface area contributed by atoms with Gasteiger partial charge in [0.05, 0.1) is 5.69 Å². The Morgan fingerprint density at radius 3 is 3.11 bits per heavy atom. The van der Waals surface area contributed by atoms with Gasteiger partial charge in [0, 0.05) is 43.4 Å². The van der Waals surface area contributed by atoms with E-state index >= 15 is 0 Å². The van der Waals surface area contributed by atoms with E-state index in [1.807, 2.05) is 12.3 Å². The summed E-state index contributed by atoms with van der Waals surface area (Å²) in [5.74, 6) is 2.53. The topological polar surface area (TPSA) is 28.2 Å².